The van der Waals surface area contributed by atoms with E-state index in [1.54, 1.807) is 4.90 Å². The van der Waals surface area contributed by atoms with Crippen molar-refractivity contribution in [1.29, 1.82) is 0 Å². The predicted octanol–water partition coefficient (Wildman–Crippen LogP) is 2.07. The summed E-state index contributed by atoms with van der Waals surface area (Å²) in [5.74, 6) is 0.379. The second-order valence-corrected chi connectivity index (χ2v) is 8.20. The summed E-state index contributed by atoms with van der Waals surface area (Å²) in [6.45, 7) is -0.890. The van der Waals surface area contributed by atoms with Gasteiger partial charge in [-0.1, -0.05) is 6.07 Å². The van der Waals surface area contributed by atoms with Gasteiger partial charge in [-0.2, -0.15) is 0 Å². The number of benzene rings is 1. The minimum Gasteiger partial charge on any atom is -0.361 e. The summed E-state index contributed by atoms with van der Waals surface area (Å²) in [5.41, 5.74) is 3.21. The Morgan fingerprint density at radius 2 is 2.17 bits per heavy atom. The fourth-order valence-corrected chi connectivity index (χ4v) is 3.94. The normalized spacial score (nSPS) is 20.3. The number of hydrogen-bond acceptors (Lipinski definition) is 3. The molecule has 1 saturated heterocycles. The van der Waals surface area contributed by atoms with Gasteiger partial charge in [0.2, 0.25) is 10.0 Å². The van der Waals surface area contributed by atoms with E-state index >= 15 is 0 Å². The Kier molecular flexibility index (Phi) is 3.74. The van der Waals surface area contributed by atoms with E-state index in [4.69, 9.17) is 4.11 Å². The number of hydrogen-bond donors (Lipinski definition) is 2. The van der Waals surface area contributed by atoms with Crippen molar-refractivity contribution in [3.8, 4) is 0 Å². The molecule has 1 aromatic heterocycles. The molecule has 0 spiro atoms. The summed E-state index contributed by atoms with van der Waals surface area (Å²) in [6, 6.07) is 5.99. The quantitative estimate of drug-likeness (QED) is 0.820. The van der Waals surface area contributed by atoms with E-state index in [9.17, 15) is 8.42 Å². The van der Waals surface area contributed by atoms with Crippen molar-refractivity contribution in [2.45, 2.75) is 25.2 Å². The van der Waals surface area contributed by atoms with Gasteiger partial charge in [0.25, 0.3) is 0 Å². The SMILES string of the molecule is [2H][13C]([2H])([2H])N1CCC(c2c[nH]c3ccc(CCS(=O)(=O)NC)cc23)CC1. The second kappa shape index (κ2) is 6.63. The monoisotopic (exact) mass is 339 g/mol. The van der Waals surface area contributed by atoms with E-state index in [-0.39, 0.29) is 5.75 Å². The van der Waals surface area contributed by atoms with Crippen LogP contribution in [-0.4, -0.2) is 51.2 Å². The first-order valence-corrected chi connectivity index (χ1v) is 9.61. The van der Waals surface area contributed by atoms with E-state index < -0.39 is 17.0 Å². The molecule has 23 heavy (non-hydrogen) atoms. The van der Waals surface area contributed by atoms with Gasteiger partial charge in [0.15, 0.2) is 0 Å². The Labute approximate surface area is 142 Å². The van der Waals surface area contributed by atoms with E-state index in [2.05, 4.69) is 15.8 Å². The fourth-order valence-electron chi connectivity index (χ4n) is 3.23. The standard InChI is InChI=1S/C17H25N3O2S/c1-18-23(21,22)10-7-13-3-4-17-15(11-13)16(12-19-17)14-5-8-20(2)9-6-14/h3-4,11-12,14,18-19H,5-10H2,1-2H3/i2+1D3. The number of H-pyrrole nitrogens is 1. The molecule has 1 aliphatic rings. The van der Waals surface area contributed by atoms with Gasteiger partial charge < -0.3 is 9.88 Å². The molecule has 1 fully saturated rings. The van der Waals surface area contributed by atoms with Crippen LogP contribution >= 0.6 is 0 Å². The van der Waals surface area contributed by atoms with Gasteiger partial charge in [0, 0.05) is 21.2 Å². The van der Waals surface area contributed by atoms with Crippen LogP contribution in [0, 0.1) is 0 Å². The molecule has 0 bridgehead atoms. The molecule has 1 aliphatic heterocycles. The molecule has 2 aromatic rings. The Hall–Kier alpha value is -1.37. The summed E-state index contributed by atoms with van der Waals surface area (Å²) in [4.78, 5) is 4.84. The zero-order valence-corrected chi connectivity index (χ0v) is 14.1. The summed E-state index contributed by atoms with van der Waals surface area (Å²) in [6.07, 6.45) is 4.09. The van der Waals surface area contributed by atoms with Crippen LogP contribution in [0.3, 0.4) is 0 Å². The Balaban J connectivity index is 1.77. The van der Waals surface area contributed by atoms with Crippen molar-refractivity contribution in [2.75, 3.05) is 32.9 Å². The van der Waals surface area contributed by atoms with Crippen LogP contribution in [0.15, 0.2) is 24.4 Å². The average molecular weight is 339 g/mol. The smallest absolute Gasteiger partial charge is 0.211 e. The summed E-state index contributed by atoms with van der Waals surface area (Å²) >= 11 is 0. The van der Waals surface area contributed by atoms with Crippen molar-refractivity contribution < 1.29 is 12.5 Å². The zero-order chi connectivity index (χ0) is 18.9. The number of sulfonamides is 1. The molecule has 0 radical (unpaired) electrons. The number of nitrogens with one attached hydrogen (secondary N) is 2. The summed E-state index contributed by atoms with van der Waals surface area (Å²) in [5, 5.41) is 1.11. The van der Waals surface area contributed by atoms with Crippen LogP contribution in [0.1, 0.15) is 34.0 Å². The lowest BCUT2D eigenvalue weighted by Crippen LogP contribution is -2.29. The van der Waals surface area contributed by atoms with E-state index in [1.807, 2.05) is 18.3 Å². The number of aryl methyl sites for hydroxylation is 1. The highest BCUT2D eigenvalue weighted by atomic mass is 32.2. The largest absolute Gasteiger partial charge is 0.361 e. The molecule has 2 heterocycles. The van der Waals surface area contributed by atoms with Crippen LogP contribution in [0.25, 0.3) is 10.9 Å². The van der Waals surface area contributed by atoms with Crippen LogP contribution in [0.4, 0.5) is 0 Å². The molecule has 0 unspecified atom stereocenters. The molecular formula is C17H25N3O2S. The number of aromatic amines is 1. The van der Waals surface area contributed by atoms with Crippen LogP contribution in [-0.2, 0) is 16.4 Å². The van der Waals surface area contributed by atoms with Crippen LogP contribution in [0.5, 0.6) is 0 Å². The van der Waals surface area contributed by atoms with Crippen molar-refractivity contribution in [3.05, 3.63) is 35.5 Å². The number of rotatable bonds is 5. The molecule has 5 nitrogen and oxygen atoms in total. The van der Waals surface area contributed by atoms with Gasteiger partial charge in [-0.15, -0.1) is 0 Å². The van der Waals surface area contributed by atoms with Gasteiger partial charge in [-0.05, 0) is 75.6 Å². The van der Waals surface area contributed by atoms with Gasteiger partial charge >= 0.3 is 0 Å². The van der Waals surface area contributed by atoms with Crippen molar-refractivity contribution in [3.63, 3.8) is 0 Å². The minimum absolute atomic E-state index is 0.0612. The molecular weight excluding hydrogens is 311 g/mol. The topological polar surface area (TPSA) is 65.2 Å². The van der Waals surface area contributed by atoms with Crippen molar-refractivity contribution >= 4 is 20.9 Å². The third kappa shape index (κ3) is 3.76. The van der Waals surface area contributed by atoms with E-state index in [0.717, 1.165) is 29.3 Å². The first-order chi connectivity index (χ1) is 12.2. The molecule has 3 rings (SSSR count). The molecule has 1 aromatic carbocycles. The number of aromatic nitrogens is 1. The van der Waals surface area contributed by atoms with E-state index in [0.29, 0.717) is 25.4 Å². The molecule has 0 saturated carbocycles. The third-order valence-corrected chi connectivity index (χ3v) is 6.05. The summed E-state index contributed by atoms with van der Waals surface area (Å²) < 4.78 is 48.2. The van der Waals surface area contributed by atoms with Crippen LogP contribution in [0.2, 0.25) is 0 Å². The molecule has 2 N–H and O–H groups in total. The first kappa shape index (κ1) is 13.0. The average Bonchev–Trinajstić information content (AvgIpc) is 3.02. The molecule has 0 aliphatic carbocycles. The number of nitrogens with zero attached hydrogens (tertiary/aromatic N) is 1. The number of likely N-dealkylation sites (tertiary alicyclic amines) is 1. The maximum Gasteiger partial charge on any atom is 0.211 e. The minimum atomic E-state index is -3.22. The number of piperidine rings is 1. The summed E-state index contributed by atoms with van der Waals surface area (Å²) in [7, 11) is -1.80. The highest BCUT2D eigenvalue weighted by Gasteiger charge is 2.21. The van der Waals surface area contributed by atoms with E-state index in [1.165, 1.54) is 12.6 Å². The Bertz CT molecular complexity index is 869. The van der Waals surface area contributed by atoms with Crippen molar-refractivity contribution in [2.24, 2.45) is 0 Å². The third-order valence-electron chi connectivity index (χ3n) is 4.68. The lowest BCUT2D eigenvalue weighted by atomic mass is 9.89. The molecule has 0 atom stereocenters. The molecule has 6 heteroatoms. The molecule has 126 valence electrons. The first-order valence-electron chi connectivity index (χ1n) is 9.46. The zero-order valence-electron chi connectivity index (χ0n) is 16.3. The predicted molar refractivity (Wildman–Crippen MR) is 94.3 cm³/mol. The lowest BCUT2D eigenvalue weighted by Gasteiger charge is -2.28. The van der Waals surface area contributed by atoms with Crippen LogP contribution < -0.4 is 4.72 Å². The maximum atomic E-state index is 11.6. The second-order valence-electron chi connectivity index (χ2n) is 6.16. The Morgan fingerprint density at radius 1 is 1.39 bits per heavy atom. The fraction of sp³-hybridized carbons (Fsp3) is 0.529. The highest BCUT2D eigenvalue weighted by Crippen LogP contribution is 2.33. The Morgan fingerprint density at radius 3 is 2.87 bits per heavy atom. The van der Waals surface area contributed by atoms with Crippen molar-refractivity contribution in [1.82, 2.24) is 14.6 Å². The maximum absolute atomic E-state index is 11.6. The van der Waals surface area contributed by atoms with Gasteiger partial charge in [0.1, 0.15) is 0 Å². The lowest BCUT2D eigenvalue weighted by molar-refractivity contribution is 0.256. The van der Waals surface area contributed by atoms with Gasteiger partial charge in [-0.25, -0.2) is 13.1 Å². The van der Waals surface area contributed by atoms with Gasteiger partial charge in [-0.3, -0.25) is 0 Å². The highest BCUT2D eigenvalue weighted by molar-refractivity contribution is 7.89. The molecule has 0 amide bonds. The number of fused-ring (bicyclic) bond motifs is 1. The van der Waals surface area contributed by atoms with Gasteiger partial charge in [0.05, 0.1) is 5.75 Å².